The summed E-state index contributed by atoms with van der Waals surface area (Å²) < 4.78 is 13.1. The maximum atomic E-state index is 12.8. The van der Waals surface area contributed by atoms with Crippen LogP contribution in [-0.4, -0.2) is 52.4 Å². The zero-order valence-electron chi connectivity index (χ0n) is 17.9. The molecule has 10 nitrogen and oxygen atoms in total. The van der Waals surface area contributed by atoms with Crippen LogP contribution >= 0.6 is 0 Å². The Kier molecular flexibility index (Phi) is 5.79. The van der Waals surface area contributed by atoms with Crippen molar-refractivity contribution in [1.29, 1.82) is 0 Å². The summed E-state index contributed by atoms with van der Waals surface area (Å²) in [4.78, 5) is 32.0. The van der Waals surface area contributed by atoms with Crippen LogP contribution in [0.4, 0.5) is 11.5 Å². The van der Waals surface area contributed by atoms with Crippen LogP contribution in [0.3, 0.4) is 0 Å². The summed E-state index contributed by atoms with van der Waals surface area (Å²) in [6.45, 7) is 3.73. The molecule has 1 atom stereocenters. The van der Waals surface area contributed by atoms with Gasteiger partial charge >= 0.3 is 5.69 Å². The average molecular weight is 426 g/mol. The highest BCUT2D eigenvalue weighted by Crippen LogP contribution is 2.29. The number of carbonyl (C=O) groups is 1. The quantitative estimate of drug-likeness (QED) is 0.641. The van der Waals surface area contributed by atoms with Gasteiger partial charge in [0.2, 0.25) is 11.6 Å². The van der Waals surface area contributed by atoms with Crippen LogP contribution in [0.1, 0.15) is 19.8 Å². The predicted octanol–water partition coefficient (Wildman–Crippen LogP) is 1.78. The molecule has 164 valence electrons. The van der Waals surface area contributed by atoms with Crippen LogP contribution in [0.15, 0.2) is 35.4 Å². The first-order chi connectivity index (χ1) is 15.0. The van der Waals surface area contributed by atoms with Crippen molar-refractivity contribution in [3.8, 4) is 11.5 Å². The maximum absolute atomic E-state index is 12.8. The zero-order valence-corrected chi connectivity index (χ0v) is 17.9. The van der Waals surface area contributed by atoms with Crippen LogP contribution in [0.5, 0.6) is 11.5 Å². The summed E-state index contributed by atoms with van der Waals surface area (Å²) in [5.41, 5.74) is 0.607. The molecule has 4 rings (SSSR count). The Morgan fingerprint density at radius 2 is 2.06 bits per heavy atom. The van der Waals surface area contributed by atoms with E-state index in [1.807, 2.05) is 0 Å². The van der Waals surface area contributed by atoms with E-state index >= 15 is 0 Å². The third-order valence-electron chi connectivity index (χ3n) is 5.40. The third-order valence-corrected chi connectivity index (χ3v) is 5.40. The van der Waals surface area contributed by atoms with E-state index in [9.17, 15) is 9.59 Å². The number of ether oxygens (including phenoxy) is 2. The van der Waals surface area contributed by atoms with Gasteiger partial charge in [-0.1, -0.05) is 6.92 Å². The molecule has 1 unspecified atom stereocenters. The van der Waals surface area contributed by atoms with Crippen LogP contribution in [-0.2, 0) is 11.3 Å². The first kappa shape index (κ1) is 20.7. The Morgan fingerprint density at radius 3 is 2.81 bits per heavy atom. The molecule has 0 saturated carbocycles. The number of nitrogens with one attached hydrogen (secondary N) is 1. The van der Waals surface area contributed by atoms with Gasteiger partial charge in [-0.3, -0.25) is 4.79 Å². The molecule has 0 aliphatic carbocycles. The molecular weight excluding hydrogens is 400 g/mol. The predicted molar refractivity (Wildman–Crippen MR) is 116 cm³/mol. The van der Waals surface area contributed by atoms with Crippen molar-refractivity contribution in [2.24, 2.45) is 5.92 Å². The van der Waals surface area contributed by atoms with Crippen molar-refractivity contribution in [1.82, 2.24) is 19.2 Å². The SMILES string of the molecule is COc1ccc(NC(=O)Cn2nc3c(N4CCCC(C)C4)nccn3c2=O)cc1OC. The lowest BCUT2D eigenvalue weighted by atomic mass is 10.0. The number of nitrogens with zero attached hydrogens (tertiary/aromatic N) is 5. The molecule has 1 aromatic carbocycles. The number of hydrogen-bond donors (Lipinski definition) is 1. The molecule has 3 heterocycles. The lowest BCUT2D eigenvalue weighted by Crippen LogP contribution is -2.35. The summed E-state index contributed by atoms with van der Waals surface area (Å²) >= 11 is 0. The minimum absolute atomic E-state index is 0.218. The molecule has 1 saturated heterocycles. The lowest BCUT2D eigenvalue weighted by Gasteiger charge is -2.31. The fourth-order valence-corrected chi connectivity index (χ4v) is 3.89. The Morgan fingerprint density at radius 1 is 1.26 bits per heavy atom. The van der Waals surface area contributed by atoms with Gasteiger partial charge in [0.1, 0.15) is 6.54 Å². The highest BCUT2D eigenvalue weighted by atomic mass is 16.5. The number of piperidine rings is 1. The standard InChI is InChI=1S/C21H26N6O4/c1-14-5-4-9-25(12-14)19-20-24-27(21(29)26(20)10-8-22-19)13-18(28)23-15-6-7-16(30-2)17(11-15)31-3/h6-8,10-11,14H,4-5,9,12-13H2,1-3H3,(H,23,28). The van der Waals surface area contributed by atoms with Crippen LogP contribution < -0.4 is 25.4 Å². The van der Waals surface area contributed by atoms with Gasteiger partial charge in [-0.25, -0.2) is 18.9 Å². The van der Waals surface area contributed by atoms with Gasteiger partial charge in [-0.15, -0.1) is 5.10 Å². The van der Waals surface area contributed by atoms with E-state index < -0.39 is 0 Å². The van der Waals surface area contributed by atoms with E-state index in [-0.39, 0.29) is 18.1 Å². The van der Waals surface area contributed by atoms with E-state index in [1.54, 1.807) is 37.7 Å². The molecule has 1 amide bonds. The second-order valence-electron chi connectivity index (χ2n) is 7.70. The van der Waals surface area contributed by atoms with Crippen molar-refractivity contribution in [2.75, 3.05) is 37.5 Å². The third kappa shape index (κ3) is 4.18. The monoisotopic (exact) mass is 426 g/mol. The Bertz CT molecular complexity index is 1150. The molecule has 1 aliphatic rings. The number of benzene rings is 1. The van der Waals surface area contributed by atoms with Gasteiger partial charge in [-0.2, -0.15) is 0 Å². The number of carbonyl (C=O) groups excluding carboxylic acids is 1. The summed E-state index contributed by atoms with van der Waals surface area (Å²) in [5, 5.41) is 7.17. The molecule has 1 aliphatic heterocycles. The van der Waals surface area contributed by atoms with E-state index in [0.717, 1.165) is 24.2 Å². The summed E-state index contributed by atoms with van der Waals surface area (Å²) in [7, 11) is 3.06. The molecule has 31 heavy (non-hydrogen) atoms. The molecule has 0 spiro atoms. The average Bonchev–Trinajstić information content (AvgIpc) is 3.09. The summed E-state index contributed by atoms with van der Waals surface area (Å²) in [5.74, 6) is 1.90. The second-order valence-corrected chi connectivity index (χ2v) is 7.70. The van der Waals surface area contributed by atoms with Crippen molar-refractivity contribution >= 4 is 23.1 Å². The van der Waals surface area contributed by atoms with Crippen molar-refractivity contribution in [3.63, 3.8) is 0 Å². The van der Waals surface area contributed by atoms with E-state index in [1.165, 1.54) is 17.9 Å². The number of fused-ring (bicyclic) bond motifs is 1. The molecular formula is C21H26N6O4. The fraction of sp³-hybridized carbons (Fsp3) is 0.429. The zero-order chi connectivity index (χ0) is 22.0. The second kappa shape index (κ2) is 8.66. The van der Waals surface area contributed by atoms with Crippen molar-refractivity contribution in [3.05, 3.63) is 41.1 Å². The lowest BCUT2D eigenvalue weighted by molar-refractivity contribution is -0.117. The molecule has 1 fully saturated rings. The van der Waals surface area contributed by atoms with Crippen LogP contribution in [0.2, 0.25) is 0 Å². The number of rotatable bonds is 6. The van der Waals surface area contributed by atoms with E-state index in [0.29, 0.717) is 34.6 Å². The Labute approximate surface area is 179 Å². The molecule has 10 heteroatoms. The molecule has 3 aromatic rings. The summed E-state index contributed by atoms with van der Waals surface area (Å²) in [6.07, 6.45) is 5.42. The van der Waals surface area contributed by atoms with Gasteiger partial charge in [0.05, 0.1) is 14.2 Å². The highest BCUT2D eigenvalue weighted by Gasteiger charge is 2.22. The molecule has 0 bridgehead atoms. The minimum atomic E-state index is -0.383. The van der Waals surface area contributed by atoms with Gasteiger partial charge in [0.15, 0.2) is 17.3 Å². The van der Waals surface area contributed by atoms with Gasteiger partial charge < -0.3 is 19.7 Å². The molecule has 2 aromatic heterocycles. The van der Waals surface area contributed by atoms with Gasteiger partial charge in [0, 0.05) is 37.2 Å². The topological polar surface area (TPSA) is 103 Å². The Hall–Kier alpha value is -3.56. The fourth-order valence-electron chi connectivity index (χ4n) is 3.89. The smallest absolute Gasteiger partial charge is 0.350 e. The number of anilines is 2. The van der Waals surface area contributed by atoms with Crippen LogP contribution in [0.25, 0.3) is 5.65 Å². The molecule has 0 radical (unpaired) electrons. The highest BCUT2D eigenvalue weighted by molar-refractivity contribution is 5.90. The largest absolute Gasteiger partial charge is 0.493 e. The first-order valence-electron chi connectivity index (χ1n) is 10.2. The maximum Gasteiger partial charge on any atom is 0.350 e. The molecule has 1 N–H and O–H groups in total. The number of aromatic nitrogens is 4. The number of hydrogen-bond acceptors (Lipinski definition) is 7. The van der Waals surface area contributed by atoms with Crippen molar-refractivity contribution in [2.45, 2.75) is 26.3 Å². The van der Waals surface area contributed by atoms with Gasteiger partial charge in [-0.05, 0) is 30.9 Å². The number of methoxy groups -OCH3 is 2. The van der Waals surface area contributed by atoms with Gasteiger partial charge in [0.25, 0.3) is 0 Å². The number of amides is 1. The van der Waals surface area contributed by atoms with E-state index in [2.05, 4.69) is 27.2 Å². The normalized spacial score (nSPS) is 16.4. The van der Waals surface area contributed by atoms with Crippen molar-refractivity contribution < 1.29 is 14.3 Å². The Balaban J connectivity index is 1.56. The first-order valence-corrected chi connectivity index (χ1v) is 10.2. The summed E-state index contributed by atoms with van der Waals surface area (Å²) in [6, 6.07) is 5.05. The van der Waals surface area contributed by atoms with E-state index in [4.69, 9.17) is 9.47 Å². The van der Waals surface area contributed by atoms with Crippen LogP contribution in [0, 0.1) is 5.92 Å². The minimum Gasteiger partial charge on any atom is -0.493 e.